The van der Waals surface area contributed by atoms with Crippen LogP contribution in [0.25, 0.3) is 0 Å². The molecule has 0 bridgehead atoms. The van der Waals surface area contributed by atoms with E-state index in [1.54, 1.807) is 18.1 Å². The predicted octanol–water partition coefficient (Wildman–Crippen LogP) is 3.03. The van der Waals surface area contributed by atoms with Crippen LogP contribution in [0.3, 0.4) is 0 Å². The van der Waals surface area contributed by atoms with Gasteiger partial charge in [-0.15, -0.1) is 10.2 Å². The van der Waals surface area contributed by atoms with Crippen LogP contribution in [0.4, 0.5) is 5.69 Å². The summed E-state index contributed by atoms with van der Waals surface area (Å²) in [5, 5.41) is 8.22. The highest BCUT2D eigenvalue weighted by atomic mass is 16.4. The highest BCUT2D eigenvalue weighted by Crippen LogP contribution is 2.33. The summed E-state index contributed by atoms with van der Waals surface area (Å²) < 4.78 is 5.72. The van der Waals surface area contributed by atoms with Crippen molar-refractivity contribution in [1.82, 2.24) is 15.2 Å². The van der Waals surface area contributed by atoms with E-state index in [2.05, 4.69) is 15.2 Å². The quantitative estimate of drug-likeness (QED) is 0.848. The molecule has 0 N–H and O–H groups in total. The number of amides is 1. The van der Waals surface area contributed by atoms with E-state index in [0.29, 0.717) is 24.7 Å². The molecule has 1 amide bonds. The predicted molar refractivity (Wildman–Crippen MR) is 86.2 cm³/mol. The average molecular weight is 314 g/mol. The number of carbonyl (C=O) groups excluding carboxylic acids is 1. The van der Waals surface area contributed by atoms with Crippen LogP contribution in [0.1, 0.15) is 55.5 Å². The van der Waals surface area contributed by atoms with E-state index >= 15 is 0 Å². The second-order valence-electron chi connectivity index (χ2n) is 6.12. The molecular formula is C17H22N4O2. The van der Waals surface area contributed by atoms with Gasteiger partial charge in [0.05, 0.1) is 0 Å². The average Bonchev–Trinajstić information content (AvgIpc) is 3.22. The molecule has 2 heterocycles. The highest BCUT2D eigenvalue weighted by molar-refractivity contribution is 5.92. The molecule has 2 aromatic heterocycles. The molecule has 0 aliphatic heterocycles. The minimum atomic E-state index is 0.0243. The molecule has 23 heavy (non-hydrogen) atoms. The first-order chi connectivity index (χ1) is 11.1. The van der Waals surface area contributed by atoms with Crippen LogP contribution in [0.15, 0.2) is 22.7 Å². The lowest BCUT2D eigenvalue weighted by Crippen LogP contribution is -2.26. The fraction of sp³-hybridized carbons (Fsp3) is 0.529. The number of nitrogens with zero attached hydrogens (tertiary/aromatic N) is 4. The Kier molecular flexibility index (Phi) is 4.69. The summed E-state index contributed by atoms with van der Waals surface area (Å²) >= 11 is 0. The van der Waals surface area contributed by atoms with Gasteiger partial charge in [0.25, 0.3) is 0 Å². The van der Waals surface area contributed by atoms with E-state index in [4.69, 9.17) is 4.42 Å². The Hall–Kier alpha value is -2.24. The van der Waals surface area contributed by atoms with Gasteiger partial charge in [-0.3, -0.25) is 9.78 Å². The number of anilines is 1. The Labute approximate surface area is 135 Å². The van der Waals surface area contributed by atoms with Crippen molar-refractivity contribution < 1.29 is 9.21 Å². The van der Waals surface area contributed by atoms with Gasteiger partial charge in [-0.05, 0) is 31.9 Å². The molecule has 0 radical (unpaired) electrons. The van der Waals surface area contributed by atoms with E-state index < -0.39 is 0 Å². The number of hydrogen-bond acceptors (Lipinski definition) is 5. The maximum Gasteiger partial charge on any atom is 0.227 e. The zero-order valence-electron chi connectivity index (χ0n) is 13.7. The second-order valence-corrected chi connectivity index (χ2v) is 6.12. The number of aromatic nitrogens is 3. The molecule has 122 valence electrons. The van der Waals surface area contributed by atoms with Gasteiger partial charge in [0.1, 0.15) is 0 Å². The normalized spacial score (nSPS) is 15.0. The van der Waals surface area contributed by atoms with Gasteiger partial charge < -0.3 is 9.32 Å². The number of aryl methyl sites for hydroxylation is 2. The Morgan fingerprint density at radius 2 is 2.13 bits per heavy atom. The monoisotopic (exact) mass is 314 g/mol. The molecule has 0 unspecified atom stereocenters. The van der Waals surface area contributed by atoms with Gasteiger partial charge in [-0.2, -0.15) is 0 Å². The van der Waals surface area contributed by atoms with Gasteiger partial charge in [0.2, 0.25) is 17.7 Å². The molecular weight excluding hydrogens is 292 g/mol. The van der Waals surface area contributed by atoms with Crippen LogP contribution in [-0.4, -0.2) is 28.1 Å². The summed E-state index contributed by atoms with van der Waals surface area (Å²) in [4.78, 5) is 18.1. The van der Waals surface area contributed by atoms with Gasteiger partial charge in [0, 0.05) is 43.4 Å². The maximum atomic E-state index is 12.3. The molecule has 6 heteroatoms. The van der Waals surface area contributed by atoms with Crippen LogP contribution >= 0.6 is 0 Å². The first kappa shape index (κ1) is 15.6. The first-order valence-electron chi connectivity index (χ1n) is 8.15. The fourth-order valence-electron chi connectivity index (χ4n) is 2.97. The van der Waals surface area contributed by atoms with Gasteiger partial charge in [0.15, 0.2) is 0 Å². The Morgan fingerprint density at radius 3 is 2.87 bits per heavy atom. The van der Waals surface area contributed by atoms with E-state index in [9.17, 15) is 4.79 Å². The van der Waals surface area contributed by atoms with Crippen LogP contribution < -0.4 is 4.90 Å². The minimum absolute atomic E-state index is 0.0243. The summed E-state index contributed by atoms with van der Waals surface area (Å²) in [5.74, 6) is 1.73. The second kappa shape index (κ2) is 6.89. The molecule has 1 aliphatic rings. The van der Waals surface area contributed by atoms with E-state index in [1.165, 1.54) is 12.8 Å². The topological polar surface area (TPSA) is 72.1 Å². The standard InChI is InChI=1S/C17H22N4O2/c1-12-11-14(9-10-18-12)21(2)16(22)8-7-15-19-20-17(23-15)13-5-3-4-6-13/h9-11,13H,3-8H2,1-2H3. The van der Waals surface area contributed by atoms with Gasteiger partial charge in [-0.25, -0.2) is 0 Å². The molecule has 3 rings (SSSR count). The van der Waals surface area contributed by atoms with Crippen molar-refractivity contribution in [3.8, 4) is 0 Å². The van der Waals surface area contributed by atoms with Crippen molar-refractivity contribution >= 4 is 11.6 Å². The third-order valence-corrected chi connectivity index (χ3v) is 4.38. The summed E-state index contributed by atoms with van der Waals surface area (Å²) in [5.41, 5.74) is 1.74. The SMILES string of the molecule is Cc1cc(N(C)C(=O)CCc2nnc(C3CCCC3)o2)ccn1. The highest BCUT2D eigenvalue weighted by Gasteiger charge is 2.23. The van der Waals surface area contributed by atoms with Crippen molar-refractivity contribution in [3.63, 3.8) is 0 Å². The zero-order valence-corrected chi connectivity index (χ0v) is 13.7. The van der Waals surface area contributed by atoms with Crippen molar-refractivity contribution in [2.45, 2.75) is 51.4 Å². The number of pyridine rings is 1. The summed E-state index contributed by atoms with van der Waals surface area (Å²) in [6.45, 7) is 1.91. The zero-order chi connectivity index (χ0) is 16.2. The molecule has 2 aromatic rings. The third kappa shape index (κ3) is 3.75. The molecule has 1 saturated carbocycles. The van der Waals surface area contributed by atoms with E-state index in [0.717, 1.165) is 30.1 Å². The third-order valence-electron chi connectivity index (χ3n) is 4.38. The molecule has 1 aliphatic carbocycles. The smallest absolute Gasteiger partial charge is 0.227 e. The fourth-order valence-corrected chi connectivity index (χ4v) is 2.97. The largest absolute Gasteiger partial charge is 0.425 e. The van der Waals surface area contributed by atoms with E-state index in [1.807, 2.05) is 19.1 Å². The Balaban J connectivity index is 1.56. The molecule has 1 fully saturated rings. The van der Waals surface area contributed by atoms with Crippen molar-refractivity contribution in [3.05, 3.63) is 35.8 Å². The van der Waals surface area contributed by atoms with Crippen molar-refractivity contribution in [1.29, 1.82) is 0 Å². The lowest BCUT2D eigenvalue weighted by atomic mass is 10.1. The van der Waals surface area contributed by atoms with Crippen molar-refractivity contribution in [2.75, 3.05) is 11.9 Å². The lowest BCUT2D eigenvalue weighted by molar-refractivity contribution is -0.118. The minimum Gasteiger partial charge on any atom is -0.425 e. The maximum absolute atomic E-state index is 12.3. The molecule has 0 spiro atoms. The van der Waals surface area contributed by atoms with Crippen molar-refractivity contribution in [2.24, 2.45) is 0 Å². The van der Waals surface area contributed by atoms with E-state index in [-0.39, 0.29) is 5.91 Å². The first-order valence-corrected chi connectivity index (χ1v) is 8.15. The van der Waals surface area contributed by atoms with Crippen LogP contribution in [-0.2, 0) is 11.2 Å². The van der Waals surface area contributed by atoms with Crippen LogP contribution in [0, 0.1) is 6.92 Å². The molecule has 0 atom stereocenters. The van der Waals surface area contributed by atoms with Crippen LogP contribution in [0.5, 0.6) is 0 Å². The van der Waals surface area contributed by atoms with Gasteiger partial charge >= 0.3 is 0 Å². The Bertz CT molecular complexity index is 677. The number of hydrogen-bond donors (Lipinski definition) is 0. The molecule has 6 nitrogen and oxygen atoms in total. The summed E-state index contributed by atoms with van der Waals surface area (Å²) in [6.07, 6.45) is 7.26. The van der Waals surface area contributed by atoms with Crippen LogP contribution in [0.2, 0.25) is 0 Å². The lowest BCUT2D eigenvalue weighted by Gasteiger charge is -2.17. The Morgan fingerprint density at radius 1 is 1.35 bits per heavy atom. The summed E-state index contributed by atoms with van der Waals surface area (Å²) in [7, 11) is 1.77. The summed E-state index contributed by atoms with van der Waals surface area (Å²) in [6, 6.07) is 3.72. The van der Waals surface area contributed by atoms with Gasteiger partial charge in [-0.1, -0.05) is 12.8 Å². The molecule has 0 saturated heterocycles. The number of rotatable bonds is 5. The molecule has 0 aromatic carbocycles. The number of carbonyl (C=O) groups is 1.